The predicted octanol–water partition coefficient (Wildman–Crippen LogP) is 3.22. The second-order valence-corrected chi connectivity index (χ2v) is 6.18. The second kappa shape index (κ2) is 8.45. The van der Waals surface area contributed by atoms with E-state index in [0.717, 1.165) is 19.4 Å². The molecular weight excluding hydrogens is 326 g/mol. The van der Waals surface area contributed by atoms with Gasteiger partial charge in [-0.05, 0) is 36.9 Å². The van der Waals surface area contributed by atoms with Gasteiger partial charge in [-0.25, -0.2) is 0 Å². The van der Waals surface area contributed by atoms with Crippen LogP contribution in [0.15, 0.2) is 24.3 Å². The molecule has 1 heterocycles. The molecule has 1 aromatic carbocycles. The molecule has 0 saturated carbocycles. The zero-order valence-corrected chi connectivity index (χ0v) is 14.1. The van der Waals surface area contributed by atoms with Gasteiger partial charge in [0.05, 0.1) is 5.56 Å². The van der Waals surface area contributed by atoms with Crippen LogP contribution in [0.1, 0.15) is 37.0 Å². The van der Waals surface area contributed by atoms with E-state index in [-0.39, 0.29) is 35.2 Å². The van der Waals surface area contributed by atoms with Crippen LogP contribution in [0.25, 0.3) is 0 Å². The van der Waals surface area contributed by atoms with Gasteiger partial charge in [-0.2, -0.15) is 8.78 Å². The van der Waals surface area contributed by atoms with E-state index in [9.17, 15) is 13.6 Å². The van der Waals surface area contributed by atoms with E-state index >= 15 is 0 Å². The van der Waals surface area contributed by atoms with Crippen LogP contribution in [0.3, 0.4) is 0 Å². The summed E-state index contributed by atoms with van der Waals surface area (Å²) in [4.78, 5) is 12.2. The van der Waals surface area contributed by atoms with Crippen LogP contribution in [-0.2, 0) is 0 Å². The molecule has 0 radical (unpaired) electrons. The summed E-state index contributed by atoms with van der Waals surface area (Å²) in [6.07, 6.45) is 2.20. The highest BCUT2D eigenvalue weighted by atomic mass is 35.5. The summed E-state index contributed by atoms with van der Waals surface area (Å²) in [6, 6.07) is 6.18. The van der Waals surface area contributed by atoms with Gasteiger partial charge < -0.3 is 15.4 Å². The van der Waals surface area contributed by atoms with Gasteiger partial charge in [0.1, 0.15) is 5.75 Å². The lowest BCUT2D eigenvalue weighted by Gasteiger charge is -2.39. The van der Waals surface area contributed by atoms with Crippen molar-refractivity contribution in [2.45, 2.75) is 39.3 Å². The molecule has 0 bridgehead atoms. The quantitative estimate of drug-likeness (QED) is 0.859. The molecule has 1 saturated heterocycles. The molecule has 2 N–H and O–H groups in total. The van der Waals surface area contributed by atoms with Crippen molar-refractivity contribution in [3.05, 3.63) is 29.8 Å². The van der Waals surface area contributed by atoms with Crippen LogP contribution < -0.4 is 15.4 Å². The normalized spacial score (nSPS) is 19.8. The first-order valence-corrected chi connectivity index (χ1v) is 7.45. The fourth-order valence-corrected chi connectivity index (χ4v) is 2.76. The van der Waals surface area contributed by atoms with E-state index < -0.39 is 12.5 Å². The molecule has 7 heteroatoms. The molecule has 0 aliphatic carbocycles. The van der Waals surface area contributed by atoms with E-state index in [1.807, 2.05) is 0 Å². The monoisotopic (exact) mass is 348 g/mol. The number of halogens is 3. The van der Waals surface area contributed by atoms with Crippen molar-refractivity contribution in [1.82, 2.24) is 10.6 Å². The smallest absolute Gasteiger partial charge is 0.387 e. The third-order valence-corrected chi connectivity index (χ3v) is 4.15. The van der Waals surface area contributed by atoms with Gasteiger partial charge in [-0.1, -0.05) is 26.0 Å². The molecule has 23 heavy (non-hydrogen) atoms. The second-order valence-electron chi connectivity index (χ2n) is 6.18. The highest BCUT2D eigenvalue weighted by Gasteiger charge is 2.32. The van der Waals surface area contributed by atoms with Crippen molar-refractivity contribution >= 4 is 18.3 Å². The van der Waals surface area contributed by atoms with E-state index in [1.54, 1.807) is 12.1 Å². The summed E-state index contributed by atoms with van der Waals surface area (Å²) in [5.41, 5.74) is 0.209. The van der Waals surface area contributed by atoms with Gasteiger partial charge in [0.15, 0.2) is 0 Å². The van der Waals surface area contributed by atoms with Crippen LogP contribution in [0.2, 0.25) is 0 Å². The van der Waals surface area contributed by atoms with Crippen LogP contribution >= 0.6 is 12.4 Å². The molecular formula is C16H23ClF2N2O2. The summed E-state index contributed by atoms with van der Waals surface area (Å²) in [5, 5.41) is 6.21. The van der Waals surface area contributed by atoms with Gasteiger partial charge in [0.25, 0.3) is 5.91 Å². The number of hydrogen-bond acceptors (Lipinski definition) is 3. The van der Waals surface area contributed by atoms with Crippen molar-refractivity contribution in [3.8, 4) is 5.75 Å². The largest absolute Gasteiger partial charge is 0.434 e. The first-order chi connectivity index (χ1) is 10.4. The van der Waals surface area contributed by atoms with E-state index in [2.05, 4.69) is 29.2 Å². The molecule has 1 fully saturated rings. The molecule has 0 spiro atoms. The van der Waals surface area contributed by atoms with E-state index in [1.165, 1.54) is 12.1 Å². The zero-order chi connectivity index (χ0) is 16.2. The van der Waals surface area contributed by atoms with Crippen molar-refractivity contribution < 1.29 is 18.3 Å². The Morgan fingerprint density at radius 2 is 2.13 bits per heavy atom. The molecule has 130 valence electrons. The third-order valence-electron chi connectivity index (χ3n) is 4.15. The average Bonchev–Trinajstić information content (AvgIpc) is 2.45. The van der Waals surface area contributed by atoms with Crippen LogP contribution in [0, 0.1) is 5.41 Å². The predicted molar refractivity (Wildman–Crippen MR) is 87.5 cm³/mol. The maximum Gasteiger partial charge on any atom is 0.387 e. The summed E-state index contributed by atoms with van der Waals surface area (Å²) in [6.45, 7) is 2.74. The topological polar surface area (TPSA) is 50.4 Å². The van der Waals surface area contributed by atoms with Gasteiger partial charge in [0.2, 0.25) is 0 Å². The Kier molecular flexibility index (Phi) is 7.22. The molecule has 2 rings (SSSR count). The highest BCUT2D eigenvalue weighted by molar-refractivity contribution is 5.96. The summed E-state index contributed by atoms with van der Waals surface area (Å²) >= 11 is 0. The molecule has 1 aliphatic heterocycles. The number of alkyl halides is 2. The van der Waals surface area contributed by atoms with Crippen molar-refractivity contribution in [2.75, 3.05) is 13.1 Å². The minimum absolute atomic E-state index is 0. The van der Waals surface area contributed by atoms with Crippen LogP contribution in [-0.4, -0.2) is 31.7 Å². The number of amides is 1. The number of para-hydroxylation sites is 1. The molecule has 1 atom stereocenters. The number of carbonyl (C=O) groups excluding carboxylic acids is 1. The first-order valence-electron chi connectivity index (χ1n) is 7.45. The van der Waals surface area contributed by atoms with Gasteiger partial charge in [-0.15, -0.1) is 12.4 Å². The maximum absolute atomic E-state index is 12.4. The minimum Gasteiger partial charge on any atom is -0.434 e. The lowest BCUT2D eigenvalue weighted by Crippen LogP contribution is -2.52. The number of carbonyl (C=O) groups is 1. The standard InChI is InChI=1S/C16H22F2N2O2.ClH/c1-16(2)8-5-9-19-13(16)10-20-14(21)11-6-3-4-7-12(11)22-15(17)18;/h3-4,6-7,13,15,19H,5,8-10H2,1-2H3,(H,20,21);1H. The van der Waals surface area contributed by atoms with Crippen molar-refractivity contribution in [1.29, 1.82) is 0 Å². The van der Waals surface area contributed by atoms with E-state index in [4.69, 9.17) is 0 Å². The number of ether oxygens (including phenoxy) is 1. The molecule has 0 aromatic heterocycles. The van der Waals surface area contributed by atoms with Crippen molar-refractivity contribution in [2.24, 2.45) is 5.41 Å². The lowest BCUT2D eigenvalue weighted by molar-refractivity contribution is -0.0501. The minimum atomic E-state index is -2.95. The number of nitrogens with one attached hydrogen (secondary N) is 2. The Labute approximate surface area is 141 Å². The lowest BCUT2D eigenvalue weighted by atomic mass is 9.77. The van der Waals surface area contributed by atoms with Crippen molar-refractivity contribution in [3.63, 3.8) is 0 Å². The summed E-state index contributed by atoms with van der Waals surface area (Å²) < 4.78 is 29.1. The third kappa shape index (κ3) is 5.32. The van der Waals surface area contributed by atoms with Gasteiger partial charge in [-0.3, -0.25) is 4.79 Å². The Hall–Kier alpha value is -1.40. The van der Waals surface area contributed by atoms with Gasteiger partial charge in [0, 0.05) is 12.6 Å². The summed E-state index contributed by atoms with van der Waals surface area (Å²) in [7, 11) is 0. The Bertz CT molecular complexity index is 527. The Morgan fingerprint density at radius 3 is 2.78 bits per heavy atom. The highest BCUT2D eigenvalue weighted by Crippen LogP contribution is 2.29. The molecule has 1 aromatic rings. The van der Waals surface area contributed by atoms with Crippen LogP contribution in [0.4, 0.5) is 8.78 Å². The Balaban J connectivity index is 0.00000264. The molecule has 1 unspecified atom stereocenters. The van der Waals surface area contributed by atoms with Gasteiger partial charge >= 0.3 is 6.61 Å². The van der Waals surface area contributed by atoms with Crippen LogP contribution in [0.5, 0.6) is 5.75 Å². The first kappa shape index (κ1) is 19.6. The molecule has 4 nitrogen and oxygen atoms in total. The summed E-state index contributed by atoms with van der Waals surface area (Å²) in [5.74, 6) is -0.509. The number of benzene rings is 1. The fourth-order valence-electron chi connectivity index (χ4n) is 2.76. The molecule has 1 amide bonds. The van der Waals surface area contributed by atoms with E-state index in [0.29, 0.717) is 6.54 Å². The SMILES string of the molecule is CC1(C)CCCNC1CNC(=O)c1ccccc1OC(F)F.Cl. The Morgan fingerprint density at radius 1 is 1.43 bits per heavy atom. The number of hydrogen-bond donors (Lipinski definition) is 2. The number of rotatable bonds is 5. The maximum atomic E-state index is 12.4. The average molecular weight is 349 g/mol. The zero-order valence-electron chi connectivity index (χ0n) is 13.3. The number of piperidine rings is 1. The molecule has 1 aliphatic rings. The fraction of sp³-hybridized carbons (Fsp3) is 0.562.